The molecule has 0 amide bonds. The standard InChI is InChI=1S/C18H18N2O3.C11H12N2O3.CH4/c21-18(22)17-15-9-4-5-10-16(15)20(19-17)11-6-12-23-13-14-7-2-1-3-8-14;14-7-3-6-13-9-5-2-1-4-8(9)10(12-13)11(15)16;/h1-5,7-10H,6,11-13H2,(H,21,22);1-2,4-5,14H,3,6-7H2,(H,15,16);1H4. The zero-order chi connectivity index (χ0) is 27.6. The van der Waals surface area contributed by atoms with Crippen molar-refractivity contribution in [2.24, 2.45) is 0 Å². The smallest absolute Gasteiger partial charge is 0.357 e. The van der Waals surface area contributed by atoms with Gasteiger partial charge in [-0.15, -0.1) is 0 Å². The highest BCUT2D eigenvalue weighted by molar-refractivity contribution is 6.01. The van der Waals surface area contributed by atoms with Crippen LogP contribution >= 0.6 is 0 Å². The predicted molar refractivity (Wildman–Crippen MR) is 153 cm³/mol. The van der Waals surface area contributed by atoms with Gasteiger partial charge in [0.15, 0.2) is 11.4 Å². The number of ether oxygens (including phenoxy) is 1. The van der Waals surface area contributed by atoms with Gasteiger partial charge in [0.05, 0.1) is 17.6 Å². The van der Waals surface area contributed by atoms with Crippen LogP contribution in [-0.2, 0) is 24.4 Å². The van der Waals surface area contributed by atoms with Gasteiger partial charge in [0.2, 0.25) is 0 Å². The number of aromatic nitrogens is 4. The van der Waals surface area contributed by atoms with Crippen LogP contribution < -0.4 is 0 Å². The molecule has 0 bridgehead atoms. The van der Waals surface area contributed by atoms with Crippen LogP contribution in [0.1, 0.15) is 46.8 Å². The van der Waals surface area contributed by atoms with Crippen molar-refractivity contribution in [3.05, 3.63) is 95.8 Å². The van der Waals surface area contributed by atoms with Gasteiger partial charge in [-0.2, -0.15) is 10.2 Å². The van der Waals surface area contributed by atoms with Crippen molar-refractivity contribution in [2.75, 3.05) is 13.2 Å². The normalized spacial score (nSPS) is 10.6. The third-order valence-corrected chi connectivity index (χ3v) is 6.02. The van der Waals surface area contributed by atoms with Crippen LogP contribution in [-0.4, -0.2) is 60.0 Å². The number of aryl methyl sites for hydroxylation is 2. The molecule has 10 nitrogen and oxygen atoms in total. The number of para-hydroxylation sites is 2. The summed E-state index contributed by atoms with van der Waals surface area (Å²) in [7, 11) is 0. The van der Waals surface area contributed by atoms with E-state index in [0.29, 0.717) is 43.5 Å². The zero-order valence-corrected chi connectivity index (χ0v) is 21.3. The summed E-state index contributed by atoms with van der Waals surface area (Å²) >= 11 is 0. The minimum absolute atomic E-state index is 0. The van der Waals surface area contributed by atoms with E-state index in [2.05, 4.69) is 10.2 Å². The molecule has 3 aromatic carbocycles. The Hall–Kier alpha value is -4.54. The summed E-state index contributed by atoms with van der Waals surface area (Å²) in [5.74, 6) is -2.03. The molecule has 0 spiro atoms. The van der Waals surface area contributed by atoms with Gasteiger partial charge < -0.3 is 20.1 Å². The van der Waals surface area contributed by atoms with E-state index in [0.717, 1.165) is 23.0 Å². The van der Waals surface area contributed by atoms with Gasteiger partial charge in [0.1, 0.15) is 0 Å². The maximum absolute atomic E-state index is 11.3. The molecule has 0 saturated carbocycles. The number of aromatic carboxylic acids is 2. The van der Waals surface area contributed by atoms with Gasteiger partial charge in [0, 0.05) is 37.1 Å². The van der Waals surface area contributed by atoms with E-state index in [1.165, 1.54) is 0 Å². The summed E-state index contributed by atoms with van der Waals surface area (Å²) < 4.78 is 9.01. The van der Waals surface area contributed by atoms with Crippen LogP contribution in [0.3, 0.4) is 0 Å². The molecule has 0 fully saturated rings. The average Bonchev–Trinajstić information content (AvgIpc) is 3.52. The Balaban J connectivity index is 0.000000229. The first-order chi connectivity index (χ1) is 19.0. The molecule has 0 aliphatic heterocycles. The minimum atomic E-state index is -1.03. The first kappa shape index (κ1) is 30.0. The quantitative estimate of drug-likeness (QED) is 0.195. The molecule has 0 unspecified atom stereocenters. The van der Waals surface area contributed by atoms with Crippen LogP contribution in [0.4, 0.5) is 0 Å². The van der Waals surface area contributed by atoms with Crippen LogP contribution in [0.25, 0.3) is 21.8 Å². The summed E-state index contributed by atoms with van der Waals surface area (Å²) in [6.07, 6.45) is 1.34. The Labute approximate surface area is 232 Å². The van der Waals surface area contributed by atoms with Crippen LogP contribution in [0.15, 0.2) is 78.9 Å². The van der Waals surface area contributed by atoms with Crippen molar-refractivity contribution in [2.45, 2.75) is 40.0 Å². The van der Waals surface area contributed by atoms with Crippen molar-refractivity contribution < 1.29 is 29.6 Å². The number of rotatable bonds is 11. The third-order valence-electron chi connectivity index (χ3n) is 6.02. The molecule has 0 aliphatic rings. The lowest BCUT2D eigenvalue weighted by Gasteiger charge is -2.05. The molecule has 40 heavy (non-hydrogen) atoms. The first-order valence-electron chi connectivity index (χ1n) is 12.6. The maximum atomic E-state index is 11.3. The van der Waals surface area contributed by atoms with Gasteiger partial charge >= 0.3 is 11.9 Å². The van der Waals surface area contributed by atoms with Crippen LogP contribution in [0.2, 0.25) is 0 Å². The summed E-state index contributed by atoms with van der Waals surface area (Å²) in [6, 6.07) is 24.6. The molecule has 0 radical (unpaired) electrons. The fourth-order valence-electron chi connectivity index (χ4n) is 4.21. The van der Waals surface area contributed by atoms with E-state index < -0.39 is 11.9 Å². The highest BCUT2D eigenvalue weighted by atomic mass is 16.5. The molecule has 2 heterocycles. The van der Waals surface area contributed by atoms with Gasteiger partial charge in [-0.3, -0.25) is 9.36 Å². The lowest BCUT2D eigenvalue weighted by Crippen LogP contribution is -2.06. The molecule has 3 N–H and O–H groups in total. The molecule has 2 aromatic heterocycles. The average molecular weight is 547 g/mol. The maximum Gasteiger partial charge on any atom is 0.357 e. The van der Waals surface area contributed by atoms with E-state index in [1.54, 1.807) is 27.6 Å². The Kier molecular flexibility index (Phi) is 10.9. The number of carboxylic acid groups (broad SMARTS) is 2. The number of aliphatic hydroxyl groups excluding tert-OH is 1. The number of aliphatic hydroxyl groups is 1. The third kappa shape index (κ3) is 7.31. The number of fused-ring (bicyclic) bond motifs is 2. The first-order valence-corrected chi connectivity index (χ1v) is 12.6. The van der Waals surface area contributed by atoms with Crippen molar-refractivity contribution in [3.8, 4) is 0 Å². The molecule has 0 atom stereocenters. The Bertz CT molecular complexity index is 1540. The summed E-state index contributed by atoms with van der Waals surface area (Å²) in [4.78, 5) is 22.2. The van der Waals surface area contributed by atoms with Crippen molar-refractivity contribution in [3.63, 3.8) is 0 Å². The van der Waals surface area contributed by atoms with Crippen molar-refractivity contribution >= 4 is 33.7 Å². The van der Waals surface area contributed by atoms with Crippen molar-refractivity contribution in [1.82, 2.24) is 19.6 Å². The number of nitrogens with zero attached hydrogens (tertiary/aromatic N) is 4. The lowest BCUT2D eigenvalue weighted by molar-refractivity contribution is 0.0680. The van der Waals surface area contributed by atoms with Gasteiger partial charge in [0.25, 0.3) is 0 Å². The van der Waals surface area contributed by atoms with E-state index >= 15 is 0 Å². The zero-order valence-electron chi connectivity index (χ0n) is 21.3. The minimum Gasteiger partial charge on any atom is -0.476 e. The highest BCUT2D eigenvalue weighted by Crippen LogP contribution is 2.19. The van der Waals surface area contributed by atoms with E-state index in [4.69, 9.17) is 14.9 Å². The molecule has 10 heteroatoms. The molecule has 5 aromatic rings. The van der Waals surface area contributed by atoms with E-state index in [-0.39, 0.29) is 25.4 Å². The number of hydrogen-bond donors (Lipinski definition) is 3. The molecule has 5 rings (SSSR count). The molecule has 210 valence electrons. The topological polar surface area (TPSA) is 140 Å². The molecular formula is C30H34N4O6. The lowest BCUT2D eigenvalue weighted by atomic mass is 10.2. The monoisotopic (exact) mass is 546 g/mol. The Morgan fingerprint density at radius 1 is 0.700 bits per heavy atom. The highest BCUT2D eigenvalue weighted by Gasteiger charge is 2.16. The molecule has 0 saturated heterocycles. The second kappa shape index (κ2) is 14.6. The van der Waals surface area contributed by atoms with Gasteiger partial charge in [-0.25, -0.2) is 9.59 Å². The Morgan fingerprint density at radius 2 is 1.18 bits per heavy atom. The molecule has 0 aliphatic carbocycles. The number of hydrogen-bond acceptors (Lipinski definition) is 6. The second-order valence-electron chi connectivity index (χ2n) is 8.76. The van der Waals surface area contributed by atoms with Crippen molar-refractivity contribution in [1.29, 1.82) is 0 Å². The summed E-state index contributed by atoms with van der Waals surface area (Å²) in [6.45, 7) is 2.40. The predicted octanol–water partition coefficient (Wildman–Crippen LogP) is 5.09. The fraction of sp³-hybridized carbons (Fsp3) is 0.267. The number of carboxylic acids is 2. The number of carbonyl (C=O) groups is 2. The van der Waals surface area contributed by atoms with Gasteiger partial charge in [-0.05, 0) is 30.5 Å². The SMILES string of the molecule is C.O=C(O)c1nn(CCCO)c2ccccc12.O=C(O)c1nn(CCCOCc2ccccc2)c2ccccc12. The summed E-state index contributed by atoms with van der Waals surface area (Å²) in [5.41, 5.74) is 2.94. The van der Waals surface area contributed by atoms with E-state index in [9.17, 15) is 14.7 Å². The van der Waals surface area contributed by atoms with Crippen LogP contribution in [0.5, 0.6) is 0 Å². The second-order valence-corrected chi connectivity index (χ2v) is 8.76. The largest absolute Gasteiger partial charge is 0.476 e. The fourth-order valence-corrected chi connectivity index (χ4v) is 4.21. The number of benzene rings is 3. The van der Waals surface area contributed by atoms with Crippen LogP contribution in [0, 0.1) is 0 Å². The summed E-state index contributed by atoms with van der Waals surface area (Å²) in [5, 5.41) is 36.5. The van der Waals surface area contributed by atoms with Gasteiger partial charge in [-0.1, -0.05) is 74.2 Å². The molecular weight excluding hydrogens is 512 g/mol. The van der Waals surface area contributed by atoms with E-state index in [1.807, 2.05) is 60.7 Å². The Morgan fingerprint density at radius 3 is 1.68 bits per heavy atom.